The molecular weight excluding hydrogens is 314 g/mol. The van der Waals surface area contributed by atoms with Gasteiger partial charge >= 0.3 is 5.97 Å². The molecule has 0 fully saturated rings. The second kappa shape index (κ2) is 10.5. The zero-order valence-corrected chi connectivity index (χ0v) is 13.9. The number of rotatable bonds is 12. The lowest BCUT2D eigenvalue weighted by molar-refractivity contribution is -0.144. The molecule has 0 aromatic rings. The number of ketones is 2. The van der Waals surface area contributed by atoms with Crippen LogP contribution in [0, 0.1) is 0 Å². The Kier molecular flexibility index (Phi) is 8.60. The third kappa shape index (κ3) is 7.80. The summed E-state index contributed by atoms with van der Waals surface area (Å²) in [6, 6.07) is 0. The van der Waals surface area contributed by atoms with Crippen molar-refractivity contribution in [2.24, 2.45) is 0 Å². The van der Waals surface area contributed by atoms with E-state index in [-0.39, 0.29) is 61.6 Å². The van der Waals surface area contributed by atoms with E-state index in [0.717, 1.165) is 0 Å². The molecule has 7 nitrogen and oxygen atoms in total. The van der Waals surface area contributed by atoms with E-state index in [2.05, 4.69) is 0 Å². The van der Waals surface area contributed by atoms with Gasteiger partial charge in [-0.3, -0.25) is 24.1 Å². The molecule has 0 aromatic carbocycles. The van der Waals surface area contributed by atoms with E-state index in [1.54, 1.807) is 0 Å². The maximum atomic E-state index is 11.5. The molecule has 0 spiro atoms. The zero-order chi connectivity index (χ0) is 17.9. The summed E-state index contributed by atoms with van der Waals surface area (Å²) in [6.45, 7) is 1.82. The summed E-state index contributed by atoms with van der Waals surface area (Å²) in [5, 5.41) is 0. The number of carbonyl (C=O) groups excluding carboxylic acids is 5. The largest absolute Gasteiger partial charge is 0.465 e. The van der Waals surface area contributed by atoms with Gasteiger partial charge in [-0.15, -0.1) is 0 Å². The van der Waals surface area contributed by atoms with Crippen LogP contribution in [-0.2, 0) is 28.7 Å². The van der Waals surface area contributed by atoms with Gasteiger partial charge < -0.3 is 9.53 Å². The third-order valence-electron chi connectivity index (χ3n) is 3.56. The number of hydrogen-bond donors (Lipinski definition) is 0. The first-order valence-electron chi connectivity index (χ1n) is 8.10. The van der Waals surface area contributed by atoms with Gasteiger partial charge in [-0.25, -0.2) is 0 Å². The van der Waals surface area contributed by atoms with Gasteiger partial charge in [-0.1, -0.05) is 6.42 Å². The van der Waals surface area contributed by atoms with Gasteiger partial charge in [-0.2, -0.15) is 0 Å². The lowest BCUT2D eigenvalue weighted by atomic mass is 10.1. The van der Waals surface area contributed by atoms with Crippen LogP contribution in [0.3, 0.4) is 0 Å². The molecule has 0 saturated heterocycles. The first-order valence-corrected chi connectivity index (χ1v) is 8.10. The maximum Gasteiger partial charge on any atom is 0.305 e. The smallest absolute Gasteiger partial charge is 0.305 e. The average Bonchev–Trinajstić information content (AvgIpc) is 2.84. The van der Waals surface area contributed by atoms with Crippen LogP contribution in [0.1, 0.15) is 51.9 Å². The summed E-state index contributed by atoms with van der Waals surface area (Å²) in [6.07, 6.45) is 5.21. The molecule has 0 aromatic heterocycles. The summed E-state index contributed by atoms with van der Waals surface area (Å²) in [7, 11) is 0. The number of imide groups is 1. The summed E-state index contributed by atoms with van der Waals surface area (Å²) in [5.41, 5.74) is 0. The van der Waals surface area contributed by atoms with Gasteiger partial charge in [0, 0.05) is 44.4 Å². The van der Waals surface area contributed by atoms with Crippen LogP contribution in [0.4, 0.5) is 0 Å². The van der Waals surface area contributed by atoms with Gasteiger partial charge in [0.05, 0.1) is 6.61 Å². The number of nitrogens with zero attached hydrogens (tertiary/aromatic N) is 1. The molecule has 1 aliphatic heterocycles. The van der Waals surface area contributed by atoms with Gasteiger partial charge in [-0.05, 0) is 19.8 Å². The van der Waals surface area contributed by atoms with Crippen molar-refractivity contribution in [1.82, 2.24) is 4.90 Å². The van der Waals surface area contributed by atoms with Gasteiger partial charge in [0.25, 0.3) is 11.8 Å². The molecule has 0 radical (unpaired) electrons. The van der Waals surface area contributed by atoms with Crippen LogP contribution in [0.25, 0.3) is 0 Å². The normalized spacial score (nSPS) is 13.5. The van der Waals surface area contributed by atoms with Crippen molar-refractivity contribution in [2.75, 3.05) is 13.2 Å². The van der Waals surface area contributed by atoms with Crippen LogP contribution in [0.15, 0.2) is 12.2 Å². The Hall–Kier alpha value is -2.31. The van der Waals surface area contributed by atoms with Crippen molar-refractivity contribution in [3.8, 4) is 0 Å². The lowest BCUT2D eigenvalue weighted by Crippen LogP contribution is -2.30. The summed E-state index contributed by atoms with van der Waals surface area (Å²) >= 11 is 0. The Morgan fingerprint density at radius 2 is 1.58 bits per heavy atom. The predicted octanol–water partition coefficient (Wildman–Crippen LogP) is 1.34. The average molecular weight is 337 g/mol. The highest BCUT2D eigenvalue weighted by atomic mass is 16.5. The number of esters is 1. The molecule has 2 amide bonds. The summed E-state index contributed by atoms with van der Waals surface area (Å²) in [5.74, 6) is -1.09. The number of hydrogen-bond acceptors (Lipinski definition) is 6. The highest BCUT2D eigenvalue weighted by Crippen LogP contribution is 2.08. The third-order valence-corrected chi connectivity index (χ3v) is 3.56. The molecule has 24 heavy (non-hydrogen) atoms. The van der Waals surface area contributed by atoms with E-state index < -0.39 is 0 Å². The maximum absolute atomic E-state index is 11.5. The van der Waals surface area contributed by atoms with E-state index >= 15 is 0 Å². The van der Waals surface area contributed by atoms with E-state index in [1.165, 1.54) is 24.0 Å². The fraction of sp³-hybridized carbons (Fsp3) is 0.588. The number of Topliss-reactive ketones (excluding diaryl/α,β-unsaturated/α-hetero) is 2. The minimum Gasteiger partial charge on any atom is -0.465 e. The van der Waals surface area contributed by atoms with E-state index in [9.17, 15) is 24.0 Å². The Morgan fingerprint density at radius 1 is 0.917 bits per heavy atom. The second-order valence-electron chi connectivity index (χ2n) is 5.68. The summed E-state index contributed by atoms with van der Waals surface area (Å²) < 4.78 is 4.96. The number of carbonyl (C=O) groups is 5. The van der Waals surface area contributed by atoms with Crippen molar-refractivity contribution >= 4 is 29.4 Å². The van der Waals surface area contributed by atoms with Crippen molar-refractivity contribution in [3.63, 3.8) is 0 Å². The Morgan fingerprint density at radius 3 is 2.21 bits per heavy atom. The molecule has 132 valence electrons. The standard InChI is InChI=1S/C17H23NO6/c1-13(19)6-7-14(20)10-12-24-17(23)5-3-2-4-11-18-15(21)8-9-16(18)22/h8-9H,2-7,10-12H2,1H3. The molecule has 0 N–H and O–H groups in total. The van der Waals surface area contributed by atoms with Crippen LogP contribution in [0.5, 0.6) is 0 Å². The molecule has 1 rings (SSSR count). The zero-order valence-electron chi connectivity index (χ0n) is 13.9. The SMILES string of the molecule is CC(=O)CCC(=O)CCOC(=O)CCCCCN1C(=O)C=CC1=O. The molecule has 7 heteroatoms. The molecular formula is C17H23NO6. The van der Waals surface area contributed by atoms with Crippen molar-refractivity contribution in [3.05, 3.63) is 12.2 Å². The Labute approximate surface area is 141 Å². The second-order valence-corrected chi connectivity index (χ2v) is 5.68. The van der Waals surface area contributed by atoms with Gasteiger partial charge in [0.1, 0.15) is 11.6 Å². The monoisotopic (exact) mass is 337 g/mol. The molecule has 0 bridgehead atoms. The first-order chi connectivity index (χ1) is 11.4. The quantitative estimate of drug-likeness (QED) is 0.303. The van der Waals surface area contributed by atoms with Gasteiger partial charge in [0.2, 0.25) is 0 Å². The molecule has 1 aliphatic rings. The highest BCUT2D eigenvalue weighted by Gasteiger charge is 2.22. The van der Waals surface area contributed by atoms with E-state index in [1.807, 2.05) is 0 Å². The minimum absolute atomic E-state index is 0.0338. The highest BCUT2D eigenvalue weighted by molar-refractivity contribution is 6.12. The number of unbranched alkanes of at least 4 members (excludes halogenated alkanes) is 2. The fourth-order valence-electron chi connectivity index (χ4n) is 2.16. The number of amides is 2. The molecule has 0 atom stereocenters. The topological polar surface area (TPSA) is 97.8 Å². The van der Waals surface area contributed by atoms with Crippen LogP contribution < -0.4 is 0 Å². The van der Waals surface area contributed by atoms with Crippen molar-refractivity contribution < 1.29 is 28.7 Å². The Balaban J connectivity index is 2.00. The number of ether oxygens (including phenoxy) is 1. The molecule has 0 saturated carbocycles. The molecule has 0 unspecified atom stereocenters. The van der Waals surface area contributed by atoms with Crippen molar-refractivity contribution in [1.29, 1.82) is 0 Å². The van der Waals surface area contributed by atoms with Gasteiger partial charge in [0.15, 0.2) is 0 Å². The Bertz CT molecular complexity index is 519. The fourth-order valence-corrected chi connectivity index (χ4v) is 2.16. The van der Waals surface area contributed by atoms with Crippen molar-refractivity contribution in [2.45, 2.75) is 51.9 Å². The van der Waals surface area contributed by atoms with Crippen LogP contribution in [0.2, 0.25) is 0 Å². The lowest BCUT2D eigenvalue weighted by Gasteiger charge is -2.12. The van der Waals surface area contributed by atoms with Crippen LogP contribution in [-0.4, -0.2) is 47.4 Å². The molecule has 1 heterocycles. The first kappa shape index (κ1) is 19.7. The minimum atomic E-state index is -0.371. The molecule has 0 aliphatic carbocycles. The predicted molar refractivity (Wildman–Crippen MR) is 84.8 cm³/mol. The van der Waals surface area contributed by atoms with E-state index in [0.29, 0.717) is 25.8 Å². The summed E-state index contributed by atoms with van der Waals surface area (Å²) in [4.78, 5) is 57.4. The van der Waals surface area contributed by atoms with E-state index in [4.69, 9.17) is 4.74 Å². The van der Waals surface area contributed by atoms with Crippen LogP contribution >= 0.6 is 0 Å².